The second kappa shape index (κ2) is 9.87. The summed E-state index contributed by atoms with van der Waals surface area (Å²) in [5, 5.41) is 11.3. The average molecular weight is 373 g/mol. The Balaban J connectivity index is 2.10. The van der Waals surface area contributed by atoms with Gasteiger partial charge in [0.2, 0.25) is 0 Å². The van der Waals surface area contributed by atoms with Crippen molar-refractivity contribution in [3.63, 3.8) is 0 Å². The molecule has 0 aliphatic heterocycles. The van der Waals surface area contributed by atoms with E-state index in [-0.39, 0.29) is 5.91 Å². The third-order valence-electron chi connectivity index (χ3n) is 3.64. The van der Waals surface area contributed by atoms with Crippen molar-refractivity contribution in [2.75, 3.05) is 11.9 Å². The summed E-state index contributed by atoms with van der Waals surface area (Å²) in [5.74, 6) is -0.489. The van der Waals surface area contributed by atoms with Gasteiger partial charge in [-0.15, -0.1) is 11.8 Å². The van der Waals surface area contributed by atoms with Crippen molar-refractivity contribution in [1.82, 2.24) is 0 Å². The van der Waals surface area contributed by atoms with Gasteiger partial charge in [0.05, 0.1) is 12.2 Å². The molecule has 2 rings (SSSR count). The number of nitrogens with one attached hydrogen (secondary N) is 1. The van der Waals surface area contributed by atoms with Gasteiger partial charge in [-0.2, -0.15) is 0 Å². The molecular formula is C20H23NO4S. The SMILES string of the molecule is CCCCOc1cccc(NC(=O)c2ccccc2SC(C)C(=O)O)c1. The van der Waals surface area contributed by atoms with Crippen LogP contribution in [0.1, 0.15) is 37.0 Å². The fourth-order valence-electron chi connectivity index (χ4n) is 2.19. The monoisotopic (exact) mass is 373 g/mol. The van der Waals surface area contributed by atoms with Gasteiger partial charge in [0.25, 0.3) is 5.91 Å². The molecule has 1 atom stereocenters. The van der Waals surface area contributed by atoms with E-state index in [1.165, 1.54) is 0 Å². The first-order chi connectivity index (χ1) is 12.5. The van der Waals surface area contributed by atoms with E-state index in [0.717, 1.165) is 24.6 Å². The Kier molecular flexibility index (Phi) is 7.53. The van der Waals surface area contributed by atoms with E-state index in [1.54, 1.807) is 43.3 Å². The number of carboxylic acid groups (broad SMARTS) is 1. The van der Waals surface area contributed by atoms with Gasteiger partial charge in [-0.25, -0.2) is 0 Å². The fourth-order valence-corrected chi connectivity index (χ4v) is 3.12. The highest BCUT2D eigenvalue weighted by Gasteiger charge is 2.18. The van der Waals surface area contributed by atoms with E-state index in [1.807, 2.05) is 12.1 Å². The second-order valence-corrected chi connectivity index (χ2v) is 7.16. The number of carbonyl (C=O) groups excluding carboxylic acids is 1. The molecule has 0 spiro atoms. The van der Waals surface area contributed by atoms with Crippen molar-refractivity contribution in [2.45, 2.75) is 36.8 Å². The quantitative estimate of drug-likeness (QED) is 0.493. The van der Waals surface area contributed by atoms with E-state index in [4.69, 9.17) is 9.84 Å². The number of carboxylic acids is 1. The van der Waals surface area contributed by atoms with Gasteiger partial charge in [-0.05, 0) is 37.6 Å². The number of rotatable bonds is 9. The lowest BCUT2D eigenvalue weighted by atomic mass is 10.2. The Morgan fingerprint density at radius 2 is 1.96 bits per heavy atom. The molecule has 26 heavy (non-hydrogen) atoms. The molecule has 0 aromatic heterocycles. The summed E-state index contributed by atoms with van der Waals surface area (Å²) in [6, 6.07) is 14.2. The maximum atomic E-state index is 12.6. The molecule has 5 nitrogen and oxygen atoms in total. The third kappa shape index (κ3) is 5.81. The molecule has 2 N–H and O–H groups in total. The maximum absolute atomic E-state index is 12.6. The van der Waals surface area contributed by atoms with Crippen molar-refractivity contribution in [1.29, 1.82) is 0 Å². The van der Waals surface area contributed by atoms with Crippen LogP contribution in [0.15, 0.2) is 53.4 Å². The summed E-state index contributed by atoms with van der Waals surface area (Å²) in [6.45, 7) is 4.33. The molecule has 138 valence electrons. The molecular weight excluding hydrogens is 350 g/mol. The Hall–Kier alpha value is -2.47. The van der Waals surface area contributed by atoms with Crippen LogP contribution in [0.4, 0.5) is 5.69 Å². The second-order valence-electron chi connectivity index (χ2n) is 5.78. The van der Waals surface area contributed by atoms with E-state index < -0.39 is 11.2 Å². The predicted octanol–water partition coefficient (Wildman–Crippen LogP) is 4.68. The molecule has 0 saturated heterocycles. The first-order valence-corrected chi connectivity index (χ1v) is 9.42. The van der Waals surface area contributed by atoms with Crippen LogP contribution in [0, 0.1) is 0 Å². The lowest BCUT2D eigenvalue weighted by Gasteiger charge is -2.12. The van der Waals surface area contributed by atoms with Crippen LogP contribution in [0.5, 0.6) is 5.75 Å². The van der Waals surface area contributed by atoms with Crippen molar-refractivity contribution < 1.29 is 19.4 Å². The number of ether oxygens (including phenoxy) is 1. The predicted molar refractivity (Wildman–Crippen MR) is 104 cm³/mol. The minimum atomic E-state index is -0.915. The van der Waals surface area contributed by atoms with Gasteiger partial charge in [0, 0.05) is 16.6 Å². The van der Waals surface area contributed by atoms with Crippen LogP contribution in [0.25, 0.3) is 0 Å². The average Bonchev–Trinajstić information content (AvgIpc) is 2.62. The van der Waals surface area contributed by atoms with Crippen molar-refractivity contribution in [3.8, 4) is 5.75 Å². The Morgan fingerprint density at radius 1 is 1.19 bits per heavy atom. The summed E-state index contributed by atoms with van der Waals surface area (Å²) >= 11 is 1.15. The molecule has 0 aliphatic rings. The summed E-state index contributed by atoms with van der Waals surface area (Å²) in [6.07, 6.45) is 2.03. The highest BCUT2D eigenvalue weighted by atomic mass is 32.2. The zero-order valence-corrected chi connectivity index (χ0v) is 15.7. The Morgan fingerprint density at radius 3 is 2.69 bits per heavy atom. The number of carbonyl (C=O) groups is 2. The highest BCUT2D eigenvalue weighted by molar-refractivity contribution is 8.00. The van der Waals surface area contributed by atoms with Gasteiger partial charge in [-0.1, -0.05) is 31.5 Å². The minimum Gasteiger partial charge on any atom is -0.494 e. The van der Waals surface area contributed by atoms with E-state index in [9.17, 15) is 9.59 Å². The first-order valence-electron chi connectivity index (χ1n) is 8.54. The van der Waals surface area contributed by atoms with Gasteiger partial charge in [0.15, 0.2) is 0 Å². The Labute approximate surface area is 157 Å². The first kappa shape index (κ1) is 19.8. The van der Waals surface area contributed by atoms with Crippen LogP contribution in [0.2, 0.25) is 0 Å². The lowest BCUT2D eigenvalue weighted by Crippen LogP contribution is -2.15. The molecule has 1 amide bonds. The smallest absolute Gasteiger partial charge is 0.316 e. The maximum Gasteiger partial charge on any atom is 0.316 e. The van der Waals surface area contributed by atoms with Crippen molar-refractivity contribution >= 4 is 29.3 Å². The molecule has 0 bridgehead atoms. The zero-order chi connectivity index (χ0) is 18.9. The molecule has 0 fully saturated rings. The molecule has 6 heteroatoms. The number of hydrogen-bond donors (Lipinski definition) is 2. The van der Waals surface area contributed by atoms with Crippen LogP contribution in [-0.4, -0.2) is 28.8 Å². The normalized spacial score (nSPS) is 11.6. The van der Waals surface area contributed by atoms with E-state index in [2.05, 4.69) is 12.2 Å². The topological polar surface area (TPSA) is 75.6 Å². The zero-order valence-electron chi connectivity index (χ0n) is 14.9. The van der Waals surface area contributed by atoms with Crippen LogP contribution in [0.3, 0.4) is 0 Å². The minimum absolute atomic E-state index is 0.281. The highest BCUT2D eigenvalue weighted by Crippen LogP contribution is 2.28. The van der Waals surface area contributed by atoms with Crippen molar-refractivity contribution in [3.05, 3.63) is 54.1 Å². The molecule has 1 unspecified atom stereocenters. The summed E-state index contributed by atoms with van der Waals surface area (Å²) < 4.78 is 5.66. The number of benzene rings is 2. The number of thioether (sulfide) groups is 1. The van der Waals surface area contributed by atoms with E-state index >= 15 is 0 Å². The third-order valence-corrected chi connectivity index (χ3v) is 4.81. The molecule has 0 aliphatic carbocycles. The summed E-state index contributed by atoms with van der Waals surface area (Å²) in [5.41, 5.74) is 1.08. The van der Waals surface area contributed by atoms with E-state index in [0.29, 0.717) is 28.5 Å². The van der Waals surface area contributed by atoms with Gasteiger partial charge in [0.1, 0.15) is 11.0 Å². The summed E-state index contributed by atoms with van der Waals surface area (Å²) in [7, 11) is 0. The van der Waals surface area contributed by atoms with Crippen LogP contribution < -0.4 is 10.1 Å². The largest absolute Gasteiger partial charge is 0.494 e. The van der Waals surface area contributed by atoms with Gasteiger partial charge in [-0.3, -0.25) is 9.59 Å². The van der Waals surface area contributed by atoms with Gasteiger partial charge >= 0.3 is 5.97 Å². The van der Waals surface area contributed by atoms with Crippen molar-refractivity contribution in [2.24, 2.45) is 0 Å². The Bertz CT molecular complexity index is 763. The number of aliphatic carboxylic acids is 1. The van der Waals surface area contributed by atoms with Gasteiger partial charge < -0.3 is 15.2 Å². The molecule has 0 heterocycles. The molecule has 2 aromatic carbocycles. The number of hydrogen-bond acceptors (Lipinski definition) is 4. The number of anilines is 1. The molecule has 0 radical (unpaired) electrons. The lowest BCUT2D eigenvalue weighted by molar-refractivity contribution is -0.136. The molecule has 0 saturated carbocycles. The standard InChI is InChI=1S/C20H23NO4S/c1-3-4-12-25-16-9-7-8-15(13-16)21-19(22)17-10-5-6-11-18(17)26-14(2)20(23)24/h5-11,13-14H,3-4,12H2,1-2H3,(H,21,22)(H,23,24). The molecule has 2 aromatic rings. The number of unbranched alkanes of at least 4 members (excludes halogenated alkanes) is 1. The van der Waals surface area contributed by atoms with Crippen LogP contribution >= 0.6 is 11.8 Å². The van der Waals surface area contributed by atoms with Crippen LogP contribution in [-0.2, 0) is 4.79 Å². The fraction of sp³-hybridized carbons (Fsp3) is 0.300. The number of amides is 1. The summed E-state index contributed by atoms with van der Waals surface area (Å²) in [4.78, 5) is 24.4.